The fraction of sp³-hybridized carbons (Fsp3) is 0.667. The zero-order valence-electron chi connectivity index (χ0n) is 5.66. The van der Waals surface area contributed by atoms with Gasteiger partial charge >= 0.3 is 5.97 Å². The molecule has 0 aliphatic carbocycles. The molecule has 10 heavy (non-hydrogen) atoms. The van der Waals surface area contributed by atoms with Crippen LogP contribution in [-0.2, 0) is 14.4 Å². The molecule has 1 radical (unpaired) electrons. The Morgan fingerprint density at radius 1 is 2.00 bits per heavy atom. The molecule has 1 atom stereocenters. The minimum atomic E-state index is -0.274. The molecule has 1 unspecified atom stereocenters. The molecule has 0 saturated heterocycles. The molecule has 4 nitrogen and oxygen atoms in total. The van der Waals surface area contributed by atoms with E-state index in [0.29, 0.717) is 6.42 Å². The number of carbonyl (C=O) groups excluding carboxylic acids is 1. The molecule has 0 aromatic carbocycles. The van der Waals surface area contributed by atoms with Gasteiger partial charge in [-0.3, -0.25) is 4.79 Å². The van der Waals surface area contributed by atoms with Crippen LogP contribution in [0.5, 0.6) is 0 Å². The van der Waals surface area contributed by atoms with Gasteiger partial charge in [0, 0.05) is 6.42 Å². The Hall–Kier alpha value is -1.06. The van der Waals surface area contributed by atoms with E-state index in [1.165, 1.54) is 7.11 Å². The lowest BCUT2D eigenvalue weighted by Crippen LogP contribution is -2.13. The van der Waals surface area contributed by atoms with E-state index in [9.17, 15) is 4.79 Å². The standard InChI is InChI=1S/C6H8NO3/c1-9-6(8)4-5-2-3-7-10-5/h5H,2,4H2,1H3. The van der Waals surface area contributed by atoms with Gasteiger partial charge in [-0.25, -0.2) is 0 Å². The highest BCUT2D eigenvalue weighted by Crippen LogP contribution is 2.08. The highest BCUT2D eigenvalue weighted by Gasteiger charge is 2.18. The van der Waals surface area contributed by atoms with Gasteiger partial charge in [0.05, 0.1) is 13.5 Å². The Kier molecular flexibility index (Phi) is 2.25. The number of methoxy groups -OCH3 is 1. The first-order valence-corrected chi connectivity index (χ1v) is 2.98. The molecule has 0 fully saturated rings. The van der Waals surface area contributed by atoms with Gasteiger partial charge < -0.3 is 9.57 Å². The number of esters is 1. The largest absolute Gasteiger partial charge is 0.469 e. The second kappa shape index (κ2) is 3.20. The molecule has 55 valence electrons. The van der Waals surface area contributed by atoms with Crippen molar-refractivity contribution in [3.05, 3.63) is 0 Å². The van der Waals surface area contributed by atoms with Crippen LogP contribution in [0.2, 0.25) is 0 Å². The summed E-state index contributed by atoms with van der Waals surface area (Å²) in [6.45, 7) is 0. The monoisotopic (exact) mass is 142 g/mol. The van der Waals surface area contributed by atoms with Gasteiger partial charge in [0.2, 0.25) is 0 Å². The molecule has 1 rings (SSSR count). The molecule has 4 heteroatoms. The predicted molar refractivity (Wildman–Crippen MR) is 33.6 cm³/mol. The number of nitrogens with zero attached hydrogens (tertiary/aromatic N) is 1. The summed E-state index contributed by atoms with van der Waals surface area (Å²) in [4.78, 5) is 15.3. The predicted octanol–water partition coefficient (Wildman–Crippen LogP) is 0.201. The Balaban J connectivity index is 2.19. The van der Waals surface area contributed by atoms with E-state index in [1.54, 1.807) is 0 Å². The van der Waals surface area contributed by atoms with Crippen LogP contribution in [0, 0.1) is 0 Å². The molecule has 0 aromatic heterocycles. The maximum absolute atomic E-state index is 10.6. The van der Waals surface area contributed by atoms with Crippen LogP contribution in [-0.4, -0.2) is 25.4 Å². The van der Waals surface area contributed by atoms with Crippen molar-refractivity contribution in [2.45, 2.75) is 18.9 Å². The molecule has 1 heterocycles. The van der Waals surface area contributed by atoms with Crippen molar-refractivity contribution in [1.82, 2.24) is 0 Å². The van der Waals surface area contributed by atoms with Crippen LogP contribution in [0.15, 0.2) is 5.16 Å². The first kappa shape index (κ1) is 7.05. The van der Waals surface area contributed by atoms with Crippen molar-refractivity contribution >= 4 is 12.2 Å². The highest BCUT2D eigenvalue weighted by molar-refractivity contribution is 5.71. The molecular formula is C6H8NO3. The molecule has 0 spiro atoms. The molecule has 0 bridgehead atoms. The first-order chi connectivity index (χ1) is 4.83. The zero-order valence-corrected chi connectivity index (χ0v) is 5.66. The van der Waals surface area contributed by atoms with Crippen molar-refractivity contribution in [3.8, 4) is 0 Å². The molecular weight excluding hydrogens is 134 g/mol. The third-order valence-electron chi connectivity index (χ3n) is 1.21. The zero-order chi connectivity index (χ0) is 7.40. The lowest BCUT2D eigenvalue weighted by atomic mass is 10.2. The van der Waals surface area contributed by atoms with Crippen LogP contribution >= 0.6 is 0 Å². The van der Waals surface area contributed by atoms with Crippen molar-refractivity contribution in [2.75, 3.05) is 7.11 Å². The average molecular weight is 142 g/mol. The Morgan fingerprint density at radius 2 is 2.80 bits per heavy atom. The van der Waals surface area contributed by atoms with E-state index in [1.807, 2.05) is 0 Å². The van der Waals surface area contributed by atoms with E-state index in [2.05, 4.69) is 16.1 Å². The average Bonchev–Trinajstić information content (AvgIpc) is 2.40. The molecule has 1 aliphatic rings. The third kappa shape index (κ3) is 1.72. The summed E-state index contributed by atoms with van der Waals surface area (Å²) in [7, 11) is 1.35. The second-order valence-corrected chi connectivity index (χ2v) is 1.96. The second-order valence-electron chi connectivity index (χ2n) is 1.96. The lowest BCUT2D eigenvalue weighted by molar-refractivity contribution is -0.143. The third-order valence-corrected chi connectivity index (χ3v) is 1.21. The number of carbonyl (C=O) groups is 1. The van der Waals surface area contributed by atoms with Gasteiger partial charge in [0.1, 0.15) is 12.3 Å². The van der Waals surface area contributed by atoms with E-state index < -0.39 is 0 Å². The van der Waals surface area contributed by atoms with Gasteiger partial charge in [-0.15, -0.1) is 0 Å². The number of rotatable bonds is 2. The summed E-state index contributed by atoms with van der Waals surface area (Å²) < 4.78 is 4.42. The quantitative estimate of drug-likeness (QED) is 0.517. The van der Waals surface area contributed by atoms with Crippen LogP contribution in [0.4, 0.5) is 0 Å². The lowest BCUT2D eigenvalue weighted by Gasteiger charge is -2.04. The first-order valence-electron chi connectivity index (χ1n) is 2.98. The SMILES string of the molecule is COC(=O)CC1C[C]=NO1. The summed E-state index contributed by atoms with van der Waals surface area (Å²) in [5.41, 5.74) is 0. The summed E-state index contributed by atoms with van der Waals surface area (Å²) in [5.74, 6) is -0.274. The highest BCUT2D eigenvalue weighted by atomic mass is 16.6. The number of hydrogen-bond donors (Lipinski definition) is 0. The molecule has 0 aromatic rings. The minimum Gasteiger partial charge on any atom is -0.469 e. The summed E-state index contributed by atoms with van der Waals surface area (Å²) in [5, 5.41) is 3.39. The van der Waals surface area contributed by atoms with Crippen molar-refractivity contribution in [3.63, 3.8) is 0 Å². The van der Waals surface area contributed by atoms with Gasteiger partial charge in [-0.05, 0) is 0 Å². The van der Waals surface area contributed by atoms with Crippen molar-refractivity contribution in [1.29, 1.82) is 0 Å². The maximum atomic E-state index is 10.6. The van der Waals surface area contributed by atoms with E-state index in [4.69, 9.17) is 4.84 Å². The van der Waals surface area contributed by atoms with Gasteiger partial charge in [-0.1, -0.05) is 5.16 Å². The fourth-order valence-electron chi connectivity index (χ4n) is 0.667. The fourth-order valence-corrected chi connectivity index (χ4v) is 0.667. The maximum Gasteiger partial charge on any atom is 0.309 e. The van der Waals surface area contributed by atoms with Crippen LogP contribution in [0.3, 0.4) is 0 Å². The van der Waals surface area contributed by atoms with Gasteiger partial charge in [0.25, 0.3) is 0 Å². The number of ether oxygens (including phenoxy) is 1. The summed E-state index contributed by atoms with van der Waals surface area (Å²) >= 11 is 0. The molecule has 0 saturated carbocycles. The molecule has 0 N–H and O–H groups in total. The van der Waals surface area contributed by atoms with E-state index in [0.717, 1.165) is 0 Å². The van der Waals surface area contributed by atoms with Gasteiger partial charge in [-0.2, -0.15) is 0 Å². The van der Waals surface area contributed by atoms with Crippen molar-refractivity contribution in [2.24, 2.45) is 5.16 Å². The van der Waals surface area contributed by atoms with E-state index in [-0.39, 0.29) is 18.5 Å². The Labute approximate surface area is 58.8 Å². The van der Waals surface area contributed by atoms with Crippen LogP contribution in [0.1, 0.15) is 12.8 Å². The van der Waals surface area contributed by atoms with Crippen LogP contribution in [0.25, 0.3) is 0 Å². The van der Waals surface area contributed by atoms with Crippen LogP contribution < -0.4 is 0 Å². The van der Waals surface area contributed by atoms with Gasteiger partial charge in [0.15, 0.2) is 0 Å². The molecule has 1 aliphatic heterocycles. The topological polar surface area (TPSA) is 47.9 Å². The Morgan fingerprint density at radius 3 is 3.30 bits per heavy atom. The van der Waals surface area contributed by atoms with Crippen molar-refractivity contribution < 1.29 is 14.4 Å². The normalized spacial score (nSPS) is 22.3. The smallest absolute Gasteiger partial charge is 0.309 e. The summed E-state index contributed by atoms with van der Waals surface area (Å²) in [6, 6.07) is 0. The molecule has 0 amide bonds. The number of hydrogen-bond acceptors (Lipinski definition) is 4. The minimum absolute atomic E-state index is 0.160. The van der Waals surface area contributed by atoms with E-state index >= 15 is 0 Å². The Bertz CT molecular complexity index is 147. The summed E-state index contributed by atoms with van der Waals surface area (Å²) in [6.07, 6.45) is 3.27.